The Morgan fingerprint density at radius 3 is 2.79 bits per heavy atom. The van der Waals surface area contributed by atoms with Crippen LogP contribution in [0.5, 0.6) is 0 Å². The number of aromatic amines is 1. The molecule has 1 heterocycles. The van der Waals surface area contributed by atoms with Gasteiger partial charge in [-0.1, -0.05) is 0 Å². The van der Waals surface area contributed by atoms with E-state index in [0.29, 0.717) is 11.3 Å². The fourth-order valence-corrected chi connectivity index (χ4v) is 1.25. The highest BCUT2D eigenvalue weighted by Crippen LogP contribution is 2.19. The minimum atomic E-state index is -0.939. The van der Waals surface area contributed by atoms with E-state index < -0.39 is 11.6 Å². The molecule has 0 spiro atoms. The zero-order chi connectivity index (χ0) is 10.3. The van der Waals surface area contributed by atoms with E-state index in [1.807, 2.05) is 0 Å². The summed E-state index contributed by atoms with van der Waals surface area (Å²) < 4.78 is 26.0. The van der Waals surface area contributed by atoms with Crippen molar-refractivity contribution in [2.24, 2.45) is 5.73 Å². The summed E-state index contributed by atoms with van der Waals surface area (Å²) in [4.78, 5) is 6.70. The predicted molar refractivity (Wildman–Crippen MR) is 48.6 cm³/mol. The summed E-state index contributed by atoms with van der Waals surface area (Å²) in [5.74, 6) is -1.39. The summed E-state index contributed by atoms with van der Waals surface area (Å²) in [7, 11) is 0. The van der Waals surface area contributed by atoms with E-state index in [0.717, 1.165) is 6.07 Å². The van der Waals surface area contributed by atoms with Gasteiger partial charge in [-0.05, 0) is 19.1 Å². The molecule has 0 fully saturated rings. The van der Waals surface area contributed by atoms with Gasteiger partial charge in [0.05, 0.1) is 11.6 Å². The molecular weight excluding hydrogens is 188 g/mol. The highest BCUT2D eigenvalue weighted by Gasteiger charge is 2.13. The smallest absolute Gasteiger partial charge is 0.186 e. The zero-order valence-corrected chi connectivity index (χ0v) is 7.51. The largest absolute Gasteiger partial charge is 0.341 e. The Morgan fingerprint density at radius 1 is 1.43 bits per heavy atom. The molecule has 0 saturated heterocycles. The molecule has 1 aromatic carbocycles. The lowest BCUT2D eigenvalue weighted by molar-refractivity contribution is 0.515. The standard InChI is InChI=1S/C9H9F2N3/c1-4(12)9-13-6-3-2-5(10)7(11)8(6)14-9/h2-4H,12H2,1H3,(H,13,14). The van der Waals surface area contributed by atoms with Crippen LogP contribution < -0.4 is 5.73 Å². The average Bonchev–Trinajstić information content (AvgIpc) is 2.56. The second kappa shape index (κ2) is 3.02. The van der Waals surface area contributed by atoms with Crippen LogP contribution in [0, 0.1) is 11.6 Å². The molecular formula is C9H9F2N3. The Morgan fingerprint density at radius 2 is 2.14 bits per heavy atom. The molecule has 0 amide bonds. The quantitative estimate of drug-likeness (QED) is 0.733. The Hall–Kier alpha value is -1.49. The van der Waals surface area contributed by atoms with Crippen molar-refractivity contribution in [3.63, 3.8) is 0 Å². The SMILES string of the molecule is CC(N)c1nc2c(F)c(F)ccc2[nH]1. The minimum absolute atomic E-state index is 0.00250. The molecule has 74 valence electrons. The predicted octanol–water partition coefficient (Wildman–Crippen LogP) is 1.86. The van der Waals surface area contributed by atoms with Crippen molar-refractivity contribution in [2.75, 3.05) is 0 Å². The van der Waals surface area contributed by atoms with Gasteiger partial charge in [-0.2, -0.15) is 0 Å². The second-order valence-corrected chi connectivity index (χ2v) is 3.17. The number of hydrogen-bond acceptors (Lipinski definition) is 2. The van der Waals surface area contributed by atoms with Crippen LogP contribution in [0.25, 0.3) is 11.0 Å². The van der Waals surface area contributed by atoms with E-state index in [1.54, 1.807) is 6.92 Å². The molecule has 3 nitrogen and oxygen atoms in total. The van der Waals surface area contributed by atoms with Crippen LogP contribution in [-0.2, 0) is 0 Å². The van der Waals surface area contributed by atoms with Crippen molar-refractivity contribution in [1.82, 2.24) is 9.97 Å². The first kappa shape index (κ1) is 9.08. The minimum Gasteiger partial charge on any atom is -0.341 e. The maximum atomic E-state index is 13.2. The number of hydrogen-bond donors (Lipinski definition) is 2. The van der Waals surface area contributed by atoms with Gasteiger partial charge in [0.25, 0.3) is 0 Å². The molecule has 0 bridgehead atoms. The third kappa shape index (κ3) is 1.26. The first-order chi connectivity index (χ1) is 6.59. The Bertz CT molecular complexity index is 476. The molecule has 3 N–H and O–H groups in total. The number of aromatic nitrogens is 2. The Labute approximate surface area is 78.9 Å². The monoisotopic (exact) mass is 197 g/mol. The fraction of sp³-hybridized carbons (Fsp3) is 0.222. The van der Waals surface area contributed by atoms with Crippen molar-refractivity contribution in [3.8, 4) is 0 Å². The number of H-pyrrole nitrogens is 1. The van der Waals surface area contributed by atoms with Crippen LogP contribution in [0.2, 0.25) is 0 Å². The summed E-state index contributed by atoms with van der Waals surface area (Å²) in [6, 6.07) is 2.16. The first-order valence-electron chi connectivity index (χ1n) is 4.19. The van der Waals surface area contributed by atoms with Crippen molar-refractivity contribution in [2.45, 2.75) is 13.0 Å². The van der Waals surface area contributed by atoms with Crippen molar-refractivity contribution in [3.05, 3.63) is 29.6 Å². The molecule has 1 atom stereocenters. The lowest BCUT2D eigenvalue weighted by Crippen LogP contribution is -2.06. The molecule has 0 aliphatic carbocycles. The number of nitrogens with one attached hydrogen (secondary N) is 1. The number of benzene rings is 1. The number of fused-ring (bicyclic) bond motifs is 1. The Balaban J connectivity index is 2.71. The Kier molecular flexibility index (Phi) is 1.96. The van der Waals surface area contributed by atoms with Gasteiger partial charge in [0, 0.05) is 0 Å². The van der Waals surface area contributed by atoms with E-state index in [9.17, 15) is 8.78 Å². The number of nitrogens with zero attached hydrogens (tertiary/aromatic N) is 1. The van der Waals surface area contributed by atoms with Crippen LogP contribution in [0.4, 0.5) is 8.78 Å². The van der Waals surface area contributed by atoms with Crippen LogP contribution in [0.1, 0.15) is 18.8 Å². The third-order valence-corrected chi connectivity index (χ3v) is 2.00. The number of rotatable bonds is 1. The number of halogens is 2. The summed E-state index contributed by atoms with van der Waals surface area (Å²) in [5, 5.41) is 0. The number of nitrogens with two attached hydrogens (primary N) is 1. The van der Waals surface area contributed by atoms with E-state index >= 15 is 0 Å². The van der Waals surface area contributed by atoms with E-state index in [-0.39, 0.29) is 11.6 Å². The van der Waals surface area contributed by atoms with Crippen molar-refractivity contribution < 1.29 is 8.78 Å². The molecule has 0 aliphatic heterocycles. The average molecular weight is 197 g/mol. The fourth-order valence-electron chi connectivity index (χ4n) is 1.25. The summed E-state index contributed by atoms with van der Waals surface area (Å²) in [6.07, 6.45) is 0. The topological polar surface area (TPSA) is 54.7 Å². The van der Waals surface area contributed by atoms with Crippen molar-refractivity contribution >= 4 is 11.0 Å². The molecule has 1 aromatic heterocycles. The van der Waals surface area contributed by atoms with Crippen LogP contribution in [-0.4, -0.2) is 9.97 Å². The molecule has 2 aromatic rings. The van der Waals surface area contributed by atoms with Crippen LogP contribution in [0.15, 0.2) is 12.1 Å². The van der Waals surface area contributed by atoms with Gasteiger partial charge in [-0.15, -0.1) is 0 Å². The van der Waals surface area contributed by atoms with E-state index in [2.05, 4.69) is 9.97 Å². The molecule has 0 radical (unpaired) electrons. The van der Waals surface area contributed by atoms with E-state index in [4.69, 9.17) is 5.73 Å². The molecule has 1 unspecified atom stereocenters. The van der Waals surface area contributed by atoms with Gasteiger partial charge in [-0.3, -0.25) is 0 Å². The molecule has 0 aliphatic rings. The van der Waals surface area contributed by atoms with Gasteiger partial charge in [0.2, 0.25) is 0 Å². The molecule has 0 saturated carbocycles. The second-order valence-electron chi connectivity index (χ2n) is 3.17. The lowest BCUT2D eigenvalue weighted by Gasteiger charge is -1.96. The molecule has 14 heavy (non-hydrogen) atoms. The normalized spacial score (nSPS) is 13.4. The highest BCUT2D eigenvalue weighted by molar-refractivity contribution is 5.75. The summed E-state index contributed by atoms with van der Waals surface area (Å²) in [6.45, 7) is 1.71. The van der Waals surface area contributed by atoms with E-state index in [1.165, 1.54) is 6.07 Å². The van der Waals surface area contributed by atoms with Gasteiger partial charge >= 0.3 is 0 Å². The lowest BCUT2D eigenvalue weighted by atomic mass is 10.3. The van der Waals surface area contributed by atoms with Gasteiger partial charge in [0.15, 0.2) is 11.6 Å². The van der Waals surface area contributed by atoms with Gasteiger partial charge in [0.1, 0.15) is 11.3 Å². The highest BCUT2D eigenvalue weighted by atomic mass is 19.2. The number of imidazole rings is 1. The van der Waals surface area contributed by atoms with Gasteiger partial charge < -0.3 is 10.7 Å². The van der Waals surface area contributed by atoms with Gasteiger partial charge in [-0.25, -0.2) is 13.8 Å². The summed E-state index contributed by atoms with van der Waals surface area (Å²) in [5.41, 5.74) is 6.01. The maximum absolute atomic E-state index is 13.2. The van der Waals surface area contributed by atoms with Crippen molar-refractivity contribution in [1.29, 1.82) is 0 Å². The molecule has 2 rings (SSSR count). The third-order valence-electron chi connectivity index (χ3n) is 2.00. The van der Waals surface area contributed by atoms with Crippen LogP contribution >= 0.6 is 0 Å². The zero-order valence-electron chi connectivity index (χ0n) is 7.51. The molecule has 5 heteroatoms. The van der Waals surface area contributed by atoms with Crippen LogP contribution in [0.3, 0.4) is 0 Å². The first-order valence-corrected chi connectivity index (χ1v) is 4.19. The summed E-state index contributed by atoms with van der Waals surface area (Å²) >= 11 is 0. The maximum Gasteiger partial charge on any atom is 0.186 e.